The van der Waals surface area contributed by atoms with E-state index in [1.165, 1.54) is 0 Å². The molecule has 27 heavy (non-hydrogen) atoms. The number of aliphatic hydroxyl groups is 1. The molecule has 140 valence electrons. The number of pyridine rings is 1. The zero-order valence-corrected chi connectivity index (χ0v) is 15.8. The van der Waals surface area contributed by atoms with Gasteiger partial charge in [0.1, 0.15) is 17.7 Å². The average Bonchev–Trinajstić information content (AvgIpc) is 3.06. The van der Waals surface area contributed by atoms with Crippen molar-refractivity contribution in [3.05, 3.63) is 34.5 Å². The van der Waals surface area contributed by atoms with Crippen molar-refractivity contribution in [2.45, 2.75) is 45.1 Å². The van der Waals surface area contributed by atoms with Crippen LogP contribution in [0, 0.1) is 24.2 Å². The summed E-state index contributed by atoms with van der Waals surface area (Å²) < 4.78 is 0. The second kappa shape index (κ2) is 6.58. The highest BCUT2D eigenvalue weighted by molar-refractivity contribution is 6.08. The van der Waals surface area contributed by atoms with Gasteiger partial charge in [0.2, 0.25) is 0 Å². The second-order valence-corrected chi connectivity index (χ2v) is 8.08. The number of piperidine rings is 1. The van der Waals surface area contributed by atoms with Crippen molar-refractivity contribution in [3.63, 3.8) is 0 Å². The Morgan fingerprint density at radius 3 is 2.78 bits per heavy atom. The maximum atomic E-state index is 11.9. The number of aliphatic imine (C=N–C) groups is 1. The summed E-state index contributed by atoms with van der Waals surface area (Å²) >= 11 is 0. The molecular formula is C21H24N4O2. The van der Waals surface area contributed by atoms with E-state index in [1.807, 2.05) is 13.0 Å². The summed E-state index contributed by atoms with van der Waals surface area (Å²) in [7, 11) is 0. The second-order valence-electron chi connectivity index (χ2n) is 8.08. The number of aryl methyl sites for hydroxylation is 1. The Bertz CT molecular complexity index is 899. The molecule has 1 aromatic rings. The number of carbonyl (C=O) groups excluding carboxylic acids is 1. The molecule has 0 bridgehead atoms. The number of hydrogen-bond donors (Lipinski definition) is 1. The van der Waals surface area contributed by atoms with Crippen LogP contribution >= 0.6 is 0 Å². The molecule has 6 nitrogen and oxygen atoms in total. The highest BCUT2D eigenvalue weighted by Gasteiger charge is 2.43. The van der Waals surface area contributed by atoms with Crippen molar-refractivity contribution in [1.29, 1.82) is 5.26 Å². The van der Waals surface area contributed by atoms with Crippen molar-refractivity contribution < 1.29 is 9.90 Å². The van der Waals surface area contributed by atoms with E-state index in [9.17, 15) is 9.90 Å². The molecule has 0 radical (unpaired) electrons. The monoisotopic (exact) mass is 364 g/mol. The van der Waals surface area contributed by atoms with Crippen LogP contribution in [0.25, 0.3) is 0 Å². The maximum Gasteiger partial charge on any atom is 0.140 e. The third kappa shape index (κ3) is 3.17. The van der Waals surface area contributed by atoms with E-state index < -0.39 is 5.60 Å². The summed E-state index contributed by atoms with van der Waals surface area (Å²) in [5.74, 6) is 1.36. The molecule has 2 aliphatic heterocycles. The molecule has 1 N–H and O–H groups in total. The first-order chi connectivity index (χ1) is 12.9. The number of ketones is 1. The zero-order chi connectivity index (χ0) is 19.2. The highest BCUT2D eigenvalue weighted by Crippen LogP contribution is 2.40. The van der Waals surface area contributed by atoms with Crippen LogP contribution in [0.15, 0.2) is 28.4 Å². The van der Waals surface area contributed by atoms with Gasteiger partial charge in [0.15, 0.2) is 0 Å². The van der Waals surface area contributed by atoms with E-state index in [0.717, 1.165) is 54.2 Å². The van der Waals surface area contributed by atoms with E-state index in [2.05, 4.69) is 16.0 Å². The van der Waals surface area contributed by atoms with Gasteiger partial charge in [-0.1, -0.05) is 0 Å². The summed E-state index contributed by atoms with van der Waals surface area (Å²) in [4.78, 5) is 23.4. The number of nitrogens with zero attached hydrogens (tertiary/aromatic N) is 4. The van der Waals surface area contributed by atoms with E-state index in [1.54, 1.807) is 13.1 Å². The quantitative estimate of drug-likeness (QED) is 0.870. The SMILES string of the molecule is Cc1cc(C#N)cnc1N1CCC(C2=NCC3=C2C(C)(O)CC(=O)C3)CC1. The number of carbonyl (C=O) groups is 1. The highest BCUT2D eigenvalue weighted by atomic mass is 16.3. The normalized spacial score (nSPS) is 26.1. The zero-order valence-electron chi connectivity index (χ0n) is 15.8. The molecule has 6 heteroatoms. The van der Waals surface area contributed by atoms with Crippen LogP contribution in [0.3, 0.4) is 0 Å². The van der Waals surface area contributed by atoms with E-state index in [0.29, 0.717) is 24.4 Å². The molecule has 1 saturated heterocycles. The van der Waals surface area contributed by atoms with Crippen molar-refractivity contribution in [2.75, 3.05) is 24.5 Å². The molecule has 3 heterocycles. The fourth-order valence-electron chi connectivity index (χ4n) is 4.75. The molecule has 1 fully saturated rings. The third-order valence-electron chi connectivity index (χ3n) is 5.90. The first-order valence-electron chi connectivity index (χ1n) is 9.52. The average molecular weight is 364 g/mol. The molecule has 0 saturated carbocycles. The lowest BCUT2D eigenvalue weighted by molar-refractivity contribution is -0.122. The van der Waals surface area contributed by atoms with Crippen LogP contribution in [0.4, 0.5) is 5.82 Å². The van der Waals surface area contributed by atoms with Crippen LogP contribution in [0.2, 0.25) is 0 Å². The van der Waals surface area contributed by atoms with Crippen LogP contribution in [0.5, 0.6) is 0 Å². The van der Waals surface area contributed by atoms with Gasteiger partial charge in [0, 0.05) is 49.3 Å². The van der Waals surface area contributed by atoms with Gasteiger partial charge >= 0.3 is 0 Å². The van der Waals surface area contributed by atoms with Gasteiger partial charge in [-0.25, -0.2) is 4.98 Å². The molecule has 1 atom stereocenters. The molecular weight excluding hydrogens is 340 g/mol. The lowest BCUT2D eigenvalue weighted by atomic mass is 9.74. The minimum atomic E-state index is -1.08. The third-order valence-corrected chi connectivity index (χ3v) is 5.90. The minimum absolute atomic E-state index is 0.104. The lowest BCUT2D eigenvalue weighted by Crippen LogP contribution is -2.42. The molecule has 1 aromatic heterocycles. The van der Waals surface area contributed by atoms with E-state index >= 15 is 0 Å². The summed E-state index contributed by atoms with van der Waals surface area (Å²) in [5, 5.41) is 19.8. The minimum Gasteiger partial charge on any atom is -0.385 e. The Morgan fingerprint density at radius 1 is 1.37 bits per heavy atom. The summed E-state index contributed by atoms with van der Waals surface area (Å²) in [6.07, 6.45) is 4.15. The fourth-order valence-corrected chi connectivity index (χ4v) is 4.75. The van der Waals surface area contributed by atoms with Crippen molar-refractivity contribution in [1.82, 2.24) is 4.98 Å². The Balaban J connectivity index is 1.49. The van der Waals surface area contributed by atoms with Crippen LogP contribution in [-0.4, -0.2) is 46.8 Å². The molecule has 3 aliphatic rings. The van der Waals surface area contributed by atoms with Crippen molar-refractivity contribution in [2.24, 2.45) is 10.9 Å². The number of hydrogen-bond acceptors (Lipinski definition) is 6. The van der Waals surface area contributed by atoms with Gasteiger partial charge in [-0.2, -0.15) is 5.26 Å². The van der Waals surface area contributed by atoms with Crippen molar-refractivity contribution in [3.8, 4) is 6.07 Å². The van der Waals surface area contributed by atoms with Gasteiger partial charge in [-0.15, -0.1) is 0 Å². The standard InChI is InChI=1S/C21H24N4O2/c1-13-7-14(10-22)11-24-20(13)25-5-3-15(4-6-25)19-18-16(12-23-19)8-17(26)9-21(18,2)27/h7,11,15,27H,3-6,8-9,12H2,1-2H3. The molecule has 0 amide bonds. The summed E-state index contributed by atoms with van der Waals surface area (Å²) in [5.41, 5.74) is 3.49. The molecule has 0 spiro atoms. The van der Waals surface area contributed by atoms with Crippen LogP contribution in [0.1, 0.15) is 43.7 Å². The number of anilines is 1. The Kier molecular flexibility index (Phi) is 4.35. The first-order valence-corrected chi connectivity index (χ1v) is 9.52. The smallest absolute Gasteiger partial charge is 0.140 e. The molecule has 1 unspecified atom stereocenters. The molecule has 0 aromatic carbocycles. The Hall–Kier alpha value is -2.52. The maximum absolute atomic E-state index is 11.9. The van der Waals surface area contributed by atoms with Crippen LogP contribution < -0.4 is 4.90 Å². The predicted octanol–water partition coefficient (Wildman–Crippen LogP) is 2.34. The van der Waals surface area contributed by atoms with E-state index in [-0.39, 0.29) is 12.2 Å². The number of aromatic nitrogens is 1. The van der Waals surface area contributed by atoms with Gasteiger partial charge < -0.3 is 10.0 Å². The first kappa shape index (κ1) is 17.9. The van der Waals surface area contributed by atoms with Gasteiger partial charge in [0.25, 0.3) is 0 Å². The van der Waals surface area contributed by atoms with Gasteiger partial charge in [-0.3, -0.25) is 9.79 Å². The van der Waals surface area contributed by atoms with Gasteiger partial charge in [-0.05, 0) is 43.9 Å². The molecule has 1 aliphatic carbocycles. The van der Waals surface area contributed by atoms with Crippen LogP contribution in [-0.2, 0) is 4.79 Å². The summed E-state index contributed by atoms with van der Waals surface area (Å²) in [6, 6.07) is 4.01. The van der Waals surface area contributed by atoms with Crippen molar-refractivity contribution >= 4 is 17.3 Å². The fraction of sp³-hybridized carbons (Fsp3) is 0.524. The molecule has 4 rings (SSSR count). The Labute approximate surface area is 159 Å². The topological polar surface area (TPSA) is 89.6 Å². The van der Waals surface area contributed by atoms with Gasteiger partial charge in [0.05, 0.1) is 17.7 Å². The number of nitriles is 1. The predicted molar refractivity (Wildman–Crippen MR) is 103 cm³/mol. The Morgan fingerprint density at radius 2 is 2.11 bits per heavy atom. The van der Waals surface area contributed by atoms with E-state index in [4.69, 9.17) is 10.3 Å². The number of Topliss-reactive ketones (excluding diaryl/α,β-unsaturated/α-hetero) is 1. The largest absolute Gasteiger partial charge is 0.385 e. The lowest BCUT2D eigenvalue weighted by Gasteiger charge is -2.37. The summed E-state index contributed by atoms with van der Waals surface area (Å²) in [6.45, 7) is 6.03. The number of rotatable bonds is 2.